The van der Waals surface area contributed by atoms with E-state index < -0.39 is 0 Å². The van der Waals surface area contributed by atoms with Gasteiger partial charge in [-0.15, -0.1) is 11.3 Å². The summed E-state index contributed by atoms with van der Waals surface area (Å²) in [5.74, 6) is 0.999. The van der Waals surface area contributed by atoms with Gasteiger partial charge in [0.05, 0.1) is 24.9 Å². The smallest absolute Gasteiger partial charge is 0.167 e. The molecule has 0 atom stereocenters. The Labute approximate surface area is 114 Å². The first-order chi connectivity index (χ1) is 8.74. The number of aliphatic hydroxyl groups excluding tert-OH is 1. The van der Waals surface area contributed by atoms with Gasteiger partial charge in [-0.25, -0.2) is 4.98 Å². The lowest BCUT2D eigenvalue weighted by Crippen LogP contribution is -2.01. The zero-order valence-electron chi connectivity index (χ0n) is 9.72. The molecule has 0 saturated carbocycles. The summed E-state index contributed by atoms with van der Waals surface area (Å²) in [6, 6.07) is 3.30. The third-order valence-electron chi connectivity index (χ3n) is 2.33. The number of benzene rings is 1. The lowest BCUT2D eigenvalue weighted by molar-refractivity contribution is 0.248. The van der Waals surface area contributed by atoms with E-state index in [-0.39, 0.29) is 6.61 Å². The fourth-order valence-corrected chi connectivity index (χ4v) is 2.28. The highest BCUT2D eigenvalue weighted by Crippen LogP contribution is 2.35. The minimum atomic E-state index is -0.163. The average Bonchev–Trinajstić information content (AvgIpc) is 2.89. The molecule has 0 saturated heterocycles. The van der Waals surface area contributed by atoms with E-state index in [0.29, 0.717) is 28.7 Å². The van der Waals surface area contributed by atoms with Crippen molar-refractivity contribution < 1.29 is 14.6 Å². The monoisotopic (exact) mass is 285 g/mol. The molecule has 0 spiro atoms. The molecule has 0 aliphatic carbocycles. The van der Waals surface area contributed by atoms with E-state index in [1.165, 1.54) is 18.4 Å². The number of rotatable bonds is 5. The van der Waals surface area contributed by atoms with Crippen LogP contribution in [-0.4, -0.2) is 17.2 Å². The van der Waals surface area contributed by atoms with Gasteiger partial charge < -0.3 is 14.6 Å². The van der Waals surface area contributed by atoms with Gasteiger partial charge in [-0.2, -0.15) is 0 Å². The minimum Gasteiger partial charge on any atom is -0.493 e. The largest absolute Gasteiger partial charge is 0.493 e. The van der Waals surface area contributed by atoms with Crippen LogP contribution in [-0.2, 0) is 13.2 Å². The number of aliphatic hydroxyl groups is 1. The second-order valence-electron chi connectivity index (χ2n) is 3.52. The lowest BCUT2D eigenvalue weighted by atomic mass is 10.2. The summed E-state index contributed by atoms with van der Waals surface area (Å²) < 4.78 is 10.9. The van der Waals surface area contributed by atoms with Crippen LogP contribution < -0.4 is 9.47 Å². The SMILES string of the molecule is COc1cc(Cl)cc(CO)c1OCc1cscn1. The van der Waals surface area contributed by atoms with E-state index in [1.807, 2.05) is 5.38 Å². The van der Waals surface area contributed by atoms with Crippen LogP contribution in [0, 0.1) is 0 Å². The zero-order valence-corrected chi connectivity index (χ0v) is 11.3. The maximum Gasteiger partial charge on any atom is 0.167 e. The number of hydrogen-bond donors (Lipinski definition) is 1. The standard InChI is InChI=1S/C12H12ClNO3S/c1-16-11-3-9(13)2-8(4-15)12(11)17-5-10-6-18-7-14-10/h2-3,6-7,15H,4-5H2,1H3. The number of ether oxygens (including phenoxy) is 2. The van der Waals surface area contributed by atoms with Gasteiger partial charge in [0.25, 0.3) is 0 Å². The molecule has 96 valence electrons. The van der Waals surface area contributed by atoms with E-state index in [2.05, 4.69) is 4.98 Å². The molecule has 0 unspecified atom stereocenters. The van der Waals surface area contributed by atoms with Crippen LogP contribution >= 0.6 is 22.9 Å². The van der Waals surface area contributed by atoms with Crippen LogP contribution in [0.15, 0.2) is 23.0 Å². The zero-order chi connectivity index (χ0) is 13.0. The van der Waals surface area contributed by atoms with Crippen molar-refractivity contribution in [1.29, 1.82) is 0 Å². The van der Waals surface area contributed by atoms with Gasteiger partial charge in [0.15, 0.2) is 11.5 Å². The summed E-state index contributed by atoms with van der Waals surface area (Å²) in [6.45, 7) is 0.164. The van der Waals surface area contributed by atoms with Crippen molar-refractivity contribution in [3.63, 3.8) is 0 Å². The van der Waals surface area contributed by atoms with Crippen LogP contribution in [0.5, 0.6) is 11.5 Å². The molecule has 1 aromatic carbocycles. The second kappa shape index (κ2) is 6.04. The highest BCUT2D eigenvalue weighted by molar-refractivity contribution is 7.07. The van der Waals surface area contributed by atoms with Crippen molar-refractivity contribution >= 4 is 22.9 Å². The van der Waals surface area contributed by atoms with Gasteiger partial charge in [0.2, 0.25) is 0 Å². The number of thiazole rings is 1. The van der Waals surface area contributed by atoms with E-state index >= 15 is 0 Å². The van der Waals surface area contributed by atoms with Gasteiger partial charge in [-0.1, -0.05) is 11.6 Å². The van der Waals surface area contributed by atoms with Crippen LogP contribution in [0.3, 0.4) is 0 Å². The van der Waals surface area contributed by atoms with E-state index in [1.54, 1.807) is 17.6 Å². The highest BCUT2D eigenvalue weighted by Gasteiger charge is 2.12. The van der Waals surface area contributed by atoms with E-state index in [0.717, 1.165) is 5.69 Å². The summed E-state index contributed by atoms with van der Waals surface area (Å²) in [5, 5.41) is 11.7. The van der Waals surface area contributed by atoms with Crippen LogP contribution in [0.2, 0.25) is 5.02 Å². The van der Waals surface area contributed by atoms with Crippen molar-refractivity contribution in [2.45, 2.75) is 13.2 Å². The molecule has 0 fully saturated rings. The Kier molecular flexibility index (Phi) is 4.41. The first kappa shape index (κ1) is 13.1. The Bertz CT molecular complexity index is 491. The molecular weight excluding hydrogens is 274 g/mol. The molecule has 1 N–H and O–H groups in total. The Hall–Kier alpha value is -1.30. The highest BCUT2D eigenvalue weighted by atomic mass is 35.5. The molecular formula is C12H12ClNO3S. The summed E-state index contributed by atoms with van der Waals surface area (Å²) in [7, 11) is 1.53. The fourth-order valence-electron chi connectivity index (χ4n) is 1.51. The third-order valence-corrected chi connectivity index (χ3v) is 3.19. The lowest BCUT2D eigenvalue weighted by Gasteiger charge is -2.14. The number of hydrogen-bond acceptors (Lipinski definition) is 5. The molecule has 2 rings (SSSR count). The van der Waals surface area contributed by atoms with Crippen molar-refractivity contribution in [3.05, 3.63) is 39.3 Å². The van der Waals surface area contributed by atoms with Gasteiger partial charge in [0, 0.05) is 22.0 Å². The minimum absolute atomic E-state index is 0.163. The Morgan fingerprint density at radius 1 is 1.44 bits per heavy atom. The molecule has 18 heavy (non-hydrogen) atoms. The fraction of sp³-hybridized carbons (Fsp3) is 0.250. The number of aromatic nitrogens is 1. The van der Waals surface area contributed by atoms with Crippen LogP contribution in [0.1, 0.15) is 11.3 Å². The van der Waals surface area contributed by atoms with Gasteiger partial charge in [0.1, 0.15) is 6.61 Å². The summed E-state index contributed by atoms with van der Waals surface area (Å²) in [4.78, 5) is 4.12. The summed E-state index contributed by atoms with van der Waals surface area (Å²) in [6.07, 6.45) is 0. The quantitative estimate of drug-likeness (QED) is 0.918. The molecule has 0 bridgehead atoms. The Balaban J connectivity index is 2.24. The maximum absolute atomic E-state index is 9.31. The normalized spacial score (nSPS) is 10.4. The Morgan fingerprint density at radius 3 is 2.89 bits per heavy atom. The molecule has 6 heteroatoms. The summed E-state index contributed by atoms with van der Waals surface area (Å²) >= 11 is 7.43. The van der Waals surface area contributed by atoms with Crippen LogP contribution in [0.25, 0.3) is 0 Å². The molecule has 2 aromatic rings. The van der Waals surface area contributed by atoms with Crippen molar-refractivity contribution in [2.24, 2.45) is 0 Å². The first-order valence-electron chi connectivity index (χ1n) is 5.21. The van der Waals surface area contributed by atoms with Crippen LogP contribution in [0.4, 0.5) is 0 Å². The topological polar surface area (TPSA) is 51.6 Å². The maximum atomic E-state index is 9.31. The first-order valence-corrected chi connectivity index (χ1v) is 6.53. The molecule has 1 heterocycles. The molecule has 0 aliphatic heterocycles. The van der Waals surface area contributed by atoms with E-state index in [4.69, 9.17) is 21.1 Å². The molecule has 0 radical (unpaired) electrons. The number of halogens is 1. The van der Waals surface area contributed by atoms with Gasteiger partial charge in [-0.3, -0.25) is 0 Å². The predicted molar refractivity (Wildman–Crippen MR) is 70.4 cm³/mol. The third kappa shape index (κ3) is 2.93. The second-order valence-corrected chi connectivity index (χ2v) is 4.68. The molecule has 0 aliphatic rings. The van der Waals surface area contributed by atoms with Crippen molar-refractivity contribution in [2.75, 3.05) is 7.11 Å². The van der Waals surface area contributed by atoms with Crippen molar-refractivity contribution in [1.82, 2.24) is 4.98 Å². The molecule has 0 amide bonds. The average molecular weight is 286 g/mol. The van der Waals surface area contributed by atoms with E-state index in [9.17, 15) is 5.11 Å². The summed E-state index contributed by atoms with van der Waals surface area (Å²) in [5.41, 5.74) is 3.17. The van der Waals surface area contributed by atoms with Gasteiger partial charge >= 0.3 is 0 Å². The Morgan fingerprint density at radius 2 is 2.28 bits per heavy atom. The van der Waals surface area contributed by atoms with Crippen molar-refractivity contribution in [3.8, 4) is 11.5 Å². The molecule has 4 nitrogen and oxygen atoms in total. The number of methoxy groups -OCH3 is 1. The van der Waals surface area contributed by atoms with Gasteiger partial charge in [-0.05, 0) is 6.07 Å². The molecule has 1 aromatic heterocycles. The predicted octanol–water partition coefficient (Wildman–Crippen LogP) is 2.88. The number of nitrogens with zero attached hydrogens (tertiary/aromatic N) is 1.